The van der Waals surface area contributed by atoms with Gasteiger partial charge in [-0.15, -0.1) is 0 Å². The zero-order valence-electron chi connectivity index (χ0n) is 17.5. The lowest BCUT2D eigenvalue weighted by Crippen LogP contribution is -2.70. The van der Waals surface area contributed by atoms with Crippen LogP contribution >= 0.6 is 0 Å². The molecule has 7 nitrogen and oxygen atoms in total. The smallest absolute Gasteiger partial charge is 0.362 e. The first-order valence-corrected chi connectivity index (χ1v) is 9.58. The van der Waals surface area contributed by atoms with Gasteiger partial charge in [-0.25, -0.2) is 4.79 Å². The Morgan fingerprint density at radius 2 is 1.68 bits per heavy atom. The van der Waals surface area contributed by atoms with Crippen molar-refractivity contribution in [3.8, 4) is 0 Å². The van der Waals surface area contributed by atoms with Crippen LogP contribution in [0.5, 0.6) is 0 Å². The summed E-state index contributed by atoms with van der Waals surface area (Å²) in [5, 5.41) is 19.3. The number of amides is 1. The first-order valence-electron chi connectivity index (χ1n) is 9.58. The van der Waals surface area contributed by atoms with Crippen molar-refractivity contribution in [1.82, 2.24) is 0 Å². The molecule has 1 heterocycles. The van der Waals surface area contributed by atoms with Gasteiger partial charge in [-0.2, -0.15) is 0 Å². The quantitative estimate of drug-likeness (QED) is 0.753. The molecule has 1 fully saturated rings. The third kappa shape index (κ3) is 3.90. The second-order valence-electron chi connectivity index (χ2n) is 8.26. The van der Waals surface area contributed by atoms with E-state index < -0.39 is 30.1 Å². The number of rotatable bonds is 5. The number of carboxylic acids is 2. The number of hydrogen-bond donors (Lipinski definition) is 2. The van der Waals surface area contributed by atoms with Crippen LogP contribution in [0.4, 0.5) is 5.69 Å². The summed E-state index contributed by atoms with van der Waals surface area (Å²) in [6, 6.07) is 3.20. The van der Waals surface area contributed by atoms with E-state index in [1.165, 1.54) is 6.92 Å². The van der Waals surface area contributed by atoms with Crippen molar-refractivity contribution in [2.45, 2.75) is 59.7 Å². The van der Waals surface area contributed by atoms with E-state index in [1.54, 1.807) is 11.8 Å². The SMILES string of the molecule is CC(=O)N(c1c(C)cc(C)cc1C)C1CC(C(=O)O)CC[N+]1(C)C(C)C(=O)O. The van der Waals surface area contributed by atoms with Crippen LogP contribution in [0.1, 0.15) is 43.4 Å². The fourth-order valence-corrected chi connectivity index (χ4v) is 4.56. The van der Waals surface area contributed by atoms with Gasteiger partial charge in [-0.05, 0) is 38.8 Å². The monoisotopic (exact) mass is 391 g/mol. The van der Waals surface area contributed by atoms with Crippen LogP contribution in [0.15, 0.2) is 12.1 Å². The van der Waals surface area contributed by atoms with E-state index in [4.69, 9.17) is 0 Å². The summed E-state index contributed by atoms with van der Waals surface area (Å²) in [6.45, 7) is 9.29. The molecule has 2 rings (SSSR count). The molecule has 2 N–H and O–H groups in total. The fourth-order valence-electron chi connectivity index (χ4n) is 4.56. The number of aryl methyl sites for hydroxylation is 3. The number of piperidine rings is 1. The molecule has 1 aliphatic rings. The summed E-state index contributed by atoms with van der Waals surface area (Å²) in [5.74, 6) is -2.68. The van der Waals surface area contributed by atoms with Crippen molar-refractivity contribution in [2.24, 2.45) is 5.92 Å². The maximum Gasteiger partial charge on any atom is 0.362 e. The van der Waals surface area contributed by atoms with Crippen molar-refractivity contribution < 1.29 is 29.1 Å². The van der Waals surface area contributed by atoms with Gasteiger partial charge < -0.3 is 10.2 Å². The van der Waals surface area contributed by atoms with Crippen LogP contribution in [-0.2, 0) is 14.4 Å². The van der Waals surface area contributed by atoms with Gasteiger partial charge >= 0.3 is 11.9 Å². The molecule has 4 atom stereocenters. The van der Waals surface area contributed by atoms with Gasteiger partial charge in [0.25, 0.3) is 0 Å². The predicted octanol–water partition coefficient (Wildman–Crippen LogP) is 2.71. The van der Waals surface area contributed by atoms with Crippen molar-refractivity contribution in [3.63, 3.8) is 0 Å². The van der Waals surface area contributed by atoms with Gasteiger partial charge in [0.05, 0.1) is 25.2 Å². The molecule has 0 aromatic heterocycles. The zero-order valence-corrected chi connectivity index (χ0v) is 17.5. The highest BCUT2D eigenvalue weighted by molar-refractivity contribution is 5.94. The number of likely N-dealkylation sites (tertiary alicyclic amines) is 1. The third-order valence-electron chi connectivity index (χ3n) is 6.24. The molecule has 1 aromatic rings. The molecule has 1 aliphatic heterocycles. The average Bonchev–Trinajstić information content (AvgIpc) is 2.57. The lowest BCUT2D eigenvalue weighted by molar-refractivity contribution is -0.951. The number of likely N-dealkylation sites (N-methyl/N-ethyl adjacent to an activating group) is 1. The van der Waals surface area contributed by atoms with E-state index in [0.717, 1.165) is 22.4 Å². The largest absolute Gasteiger partial charge is 0.481 e. The Balaban J connectivity index is 2.67. The molecule has 0 radical (unpaired) electrons. The minimum Gasteiger partial charge on any atom is -0.481 e. The van der Waals surface area contributed by atoms with Crippen LogP contribution in [0.3, 0.4) is 0 Å². The molecule has 4 unspecified atom stereocenters. The maximum absolute atomic E-state index is 12.8. The van der Waals surface area contributed by atoms with Crippen LogP contribution in [0, 0.1) is 26.7 Å². The predicted molar refractivity (Wildman–Crippen MR) is 106 cm³/mol. The molecular weight excluding hydrogens is 360 g/mol. The lowest BCUT2D eigenvalue weighted by Gasteiger charge is -2.52. The van der Waals surface area contributed by atoms with E-state index >= 15 is 0 Å². The molecule has 154 valence electrons. The van der Waals surface area contributed by atoms with Gasteiger partial charge in [0, 0.05) is 19.8 Å². The van der Waals surface area contributed by atoms with Crippen molar-refractivity contribution >= 4 is 23.5 Å². The third-order valence-corrected chi connectivity index (χ3v) is 6.24. The Labute approximate surface area is 166 Å². The van der Waals surface area contributed by atoms with Gasteiger partial charge in [0.2, 0.25) is 5.91 Å². The highest BCUT2D eigenvalue weighted by Crippen LogP contribution is 2.38. The van der Waals surface area contributed by atoms with Gasteiger partial charge in [0.1, 0.15) is 0 Å². The van der Waals surface area contributed by atoms with Crippen molar-refractivity contribution in [3.05, 3.63) is 28.8 Å². The minimum absolute atomic E-state index is 0.0887. The first-order chi connectivity index (χ1) is 12.9. The molecule has 0 bridgehead atoms. The Bertz CT molecular complexity index is 783. The lowest BCUT2D eigenvalue weighted by atomic mass is 9.89. The van der Waals surface area contributed by atoms with Crippen LogP contribution in [0.2, 0.25) is 0 Å². The molecular formula is C21H31N2O5+. The molecule has 1 amide bonds. The van der Waals surface area contributed by atoms with Gasteiger partial charge in [-0.3, -0.25) is 19.0 Å². The van der Waals surface area contributed by atoms with Crippen LogP contribution in [-0.4, -0.2) is 58.3 Å². The summed E-state index contributed by atoms with van der Waals surface area (Å²) in [6.07, 6.45) is 0.0337. The second kappa shape index (κ2) is 7.91. The van der Waals surface area contributed by atoms with E-state index in [0.29, 0.717) is 13.0 Å². The first kappa shape index (κ1) is 21.9. The number of anilines is 1. The summed E-state index contributed by atoms with van der Waals surface area (Å²) >= 11 is 0. The summed E-state index contributed by atoms with van der Waals surface area (Å²) < 4.78 is 0.0887. The molecule has 1 aromatic carbocycles. The zero-order chi connectivity index (χ0) is 21.4. The normalized spacial score (nSPS) is 25.8. The Kier molecular flexibility index (Phi) is 6.18. The minimum atomic E-state index is -0.956. The Morgan fingerprint density at radius 3 is 2.11 bits per heavy atom. The maximum atomic E-state index is 12.8. The average molecular weight is 391 g/mol. The van der Waals surface area contributed by atoms with E-state index in [2.05, 4.69) is 0 Å². The van der Waals surface area contributed by atoms with Gasteiger partial charge in [-0.1, -0.05) is 17.7 Å². The number of hydrogen-bond acceptors (Lipinski definition) is 3. The van der Waals surface area contributed by atoms with E-state index in [-0.39, 0.29) is 16.8 Å². The molecule has 28 heavy (non-hydrogen) atoms. The molecule has 0 spiro atoms. The number of carbonyl (C=O) groups excluding carboxylic acids is 1. The summed E-state index contributed by atoms with van der Waals surface area (Å²) in [4.78, 5) is 38.0. The number of benzene rings is 1. The number of nitrogens with zero attached hydrogens (tertiary/aromatic N) is 2. The van der Waals surface area contributed by atoms with Crippen LogP contribution in [0.25, 0.3) is 0 Å². The number of carboxylic acid groups (broad SMARTS) is 2. The van der Waals surface area contributed by atoms with Gasteiger partial charge in [0.15, 0.2) is 12.2 Å². The highest BCUT2D eigenvalue weighted by atomic mass is 16.4. The molecule has 0 aliphatic carbocycles. The van der Waals surface area contributed by atoms with Crippen molar-refractivity contribution in [2.75, 3.05) is 18.5 Å². The molecule has 7 heteroatoms. The Morgan fingerprint density at radius 1 is 1.14 bits per heavy atom. The number of aliphatic carboxylic acids is 2. The Hall–Kier alpha value is -2.41. The summed E-state index contributed by atoms with van der Waals surface area (Å²) in [5.41, 5.74) is 3.65. The molecule has 1 saturated heterocycles. The topological polar surface area (TPSA) is 94.9 Å². The van der Waals surface area contributed by atoms with Crippen LogP contribution < -0.4 is 4.90 Å². The van der Waals surface area contributed by atoms with E-state index in [1.807, 2.05) is 40.0 Å². The number of quaternary nitrogens is 1. The molecule has 0 saturated carbocycles. The summed E-state index contributed by atoms with van der Waals surface area (Å²) in [7, 11) is 1.82. The van der Waals surface area contributed by atoms with E-state index in [9.17, 15) is 24.6 Å². The fraction of sp³-hybridized carbons (Fsp3) is 0.571. The number of carbonyl (C=O) groups is 3. The second-order valence-corrected chi connectivity index (χ2v) is 8.26. The standard InChI is InChI=1S/C21H30N2O5/c1-12-9-13(2)19(14(3)10-12)22(16(5)24)18-11-17(21(27)28)7-8-23(18,6)15(4)20(25)26/h9-10,15,17-18H,7-8,11H2,1-6H3,(H-,25,26,27,28)/p+1. The highest BCUT2D eigenvalue weighted by Gasteiger charge is 2.51. The van der Waals surface area contributed by atoms with Crippen molar-refractivity contribution in [1.29, 1.82) is 0 Å².